The van der Waals surface area contributed by atoms with E-state index in [1.54, 1.807) is 6.92 Å². The summed E-state index contributed by atoms with van der Waals surface area (Å²) in [4.78, 5) is 14.7. The molecular formula is C18H16F3NO2. The summed E-state index contributed by atoms with van der Waals surface area (Å²) in [5, 5.41) is 0. The molecule has 1 aliphatic heterocycles. The first-order valence-electron chi connectivity index (χ1n) is 7.64. The first-order valence-corrected chi connectivity index (χ1v) is 7.64. The Morgan fingerprint density at radius 1 is 1.17 bits per heavy atom. The molecule has 3 rings (SSSR count). The molecule has 0 atom stereocenters. The summed E-state index contributed by atoms with van der Waals surface area (Å²) in [5.74, 6) is -1.50. The molecule has 0 bridgehead atoms. The number of aromatic nitrogens is 1. The number of aryl methyl sites for hydroxylation is 1. The number of hydrogen-bond acceptors (Lipinski definition) is 3. The topological polar surface area (TPSA) is 39.2 Å². The maximum absolute atomic E-state index is 15.0. The Balaban J connectivity index is 2.10. The van der Waals surface area contributed by atoms with Crippen molar-refractivity contribution >= 4 is 6.29 Å². The summed E-state index contributed by atoms with van der Waals surface area (Å²) in [6.45, 7) is 2.12. The Bertz CT molecular complexity index is 763. The van der Waals surface area contributed by atoms with E-state index in [1.807, 2.05) is 0 Å². The van der Waals surface area contributed by atoms with Gasteiger partial charge in [-0.2, -0.15) is 0 Å². The lowest BCUT2D eigenvalue weighted by atomic mass is 9.86. The van der Waals surface area contributed by atoms with E-state index in [0.717, 1.165) is 12.1 Å². The number of aldehydes is 1. The highest BCUT2D eigenvalue weighted by molar-refractivity contribution is 5.75. The van der Waals surface area contributed by atoms with Gasteiger partial charge in [0.2, 0.25) is 0 Å². The third-order valence-corrected chi connectivity index (χ3v) is 4.32. The average molecular weight is 335 g/mol. The molecule has 0 spiro atoms. The van der Waals surface area contributed by atoms with E-state index >= 15 is 4.39 Å². The molecule has 0 unspecified atom stereocenters. The zero-order valence-electron chi connectivity index (χ0n) is 13.1. The molecule has 6 heteroatoms. The van der Waals surface area contributed by atoms with E-state index in [1.165, 1.54) is 12.1 Å². The molecule has 1 aromatic heterocycles. The average Bonchev–Trinajstić information content (AvgIpc) is 2.56. The fraction of sp³-hybridized carbons (Fsp3) is 0.333. The lowest BCUT2D eigenvalue weighted by Gasteiger charge is -2.30. The lowest BCUT2D eigenvalue weighted by molar-refractivity contribution is -0.0116. The molecule has 1 aliphatic rings. The van der Waals surface area contributed by atoms with E-state index in [4.69, 9.17) is 4.74 Å². The van der Waals surface area contributed by atoms with Crippen LogP contribution in [-0.2, 0) is 10.4 Å². The summed E-state index contributed by atoms with van der Waals surface area (Å²) in [5.41, 5.74) is -1.38. The summed E-state index contributed by atoms with van der Waals surface area (Å²) in [6, 6.07) is 4.88. The molecule has 0 amide bonds. The summed E-state index contributed by atoms with van der Waals surface area (Å²) in [7, 11) is 0. The minimum atomic E-state index is -1.65. The van der Waals surface area contributed by atoms with E-state index in [9.17, 15) is 13.6 Å². The van der Waals surface area contributed by atoms with Crippen LogP contribution in [0.25, 0.3) is 11.3 Å². The quantitative estimate of drug-likeness (QED) is 0.792. The normalized spacial score (nSPS) is 16.8. The number of benzene rings is 1. The highest BCUT2D eigenvalue weighted by atomic mass is 19.1. The van der Waals surface area contributed by atoms with Gasteiger partial charge in [0.15, 0.2) is 6.29 Å². The van der Waals surface area contributed by atoms with E-state index < -0.39 is 17.3 Å². The Morgan fingerprint density at radius 2 is 1.88 bits per heavy atom. The third-order valence-electron chi connectivity index (χ3n) is 4.32. The van der Waals surface area contributed by atoms with Gasteiger partial charge in [-0.05, 0) is 36.2 Å². The van der Waals surface area contributed by atoms with Crippen LogP contribution in [0.15, 0.2) is 24.3 Å². The van der Waals surface area contributed by atoms with Crippen LogP contribution in [0.2, 0.25) is 0 Å². The second-order valence-electron chi connectivity index (χ2n) is 5.91. The van der Waals surface area contributed by atoms with Crippen LogP contribution in [0, 0.1) is 18.6 Å². The van der Waals surface area contributed by atoms with Gasteiger partial charge >= 0.3 is 0 Å². The van der Waals surface area contributed by atoms with Crippen LogP contribution in [-0.4, -0.2) is 24.5 Å². The first kappa shape index (κ1) is 16.6. The zero-order valence-corrected chi connectivity index (χ0v) is 13.1. The van der Waals surface area contributed by atoms with Crippen LogP contribution >= 0.6 is 0 Å². The van der Waals surface area contributed by atoms with Gasteiger partial charge < -0.3 is 4.74 Å². The number of rotatable bonds is 3. The van der Waals surface area contributed by atoms with Gasteiger partial charge in [-0.15, -0.1) is 0 Å². The predicted octanol–water partition coefficient (Wildman–Crippen LogP) is 4.12. The SMILES string of the molecule is Cc1cc(C2(F)CCOCC2)cc(F)c1-c1nc(C=O)ccc1F. The van der Waals surface area contributed by atoms with Crippen molar-refractivity contribution in [1.29, 1.82) is 0 Å². The van der Waals surface area contributed by atoms with Crippen molar-refractivity contribution in [3.8, 4) is 11.3 Å². The van der Waals surface area contributed by atoms with Gasteiger partial charge in [-0.1, -0.05) is 6.07 Å². The Hall–Kier alpha value is -2.21. The van der Waals surface area contributed by atoms with Crippen molar-refractivity contribution in [3.05, 3.63) is 52.7 Å². The van der Waals surface area contributed by atoms with Crippen LogP contribution in [0.1, 0.15) is 34.5 Å². The fourth-order valence-corrected chi connectivity index (χ4v) is 2.98. The van der Waals surface area contributed by atoms with Gasteiger partial charge in [-0.25, -0.2) is 18.2 Å². The smallest absolute Gasteiger partial charge is 0.168 e. The Labute approximate surface area is 137 Å². The largest absolute Gasteiger partial charge is 0.381 e. The molecular weight excluding hydrogens is 319 g/mol. The molecule has 3 nitrogen and oxygen atoms in total. The van der Waals surface area contributed by atoms with Crippen molar-refractivity contribution in [2.45, 2.75) is 25.4 Å². The number of alkyl halides is 1. The van der Waals surface area contributed by atoms with Gasteiger partial charge in [0.05, 0.1) is 0 Å². The molecule has 24 heavy (non-hydrogen) atoms. The molecule has 0 aliphatic carbocycles. The maximum atomic E-state index is 15.0. The fourth-order valence-electron chi connectivity index (χ4n) is 2.98. The second kappa shape index (κ2) is 6.36. The van der Waals surface area contributed by atoms with E-state index in [2.05, 4.69) is 4.98 Å². The van der Waals surface area contributed by atoms with Gasteiger partial charge in [0.25, 0.3) is 0 Å². The van der Waals surface area contributed by atoms with Gasteiger partial charge in [0, 0.05) is 31.6 Å². The van der Waals surface area contributed by atoms with Crippen LogP contribution in [0.5, 0.6) is 0 Å². The Morgan fingerprint density at radius 3 is 2.50 bits per heavy atom. The van der Waals surface area contributed by atoms with Crippen molar-refractivity contribution < 1.29 is 22.7 Å². The highest BCUT2D eigenvalue weighted by Gasteiger charge is 2.35. The van der Waals surface area contributed by atoms with E-state index in [-0.39, 0.29) is 48.6 Å². The number of nitrogens with zero attached hydrogens (tertiary/aromatic N) is 1. The maximum Gasteiger partial charge on any atom is 0.168 e. The molecule has 2 heterocycles. The number of ether oxygens (including phenoxy) is 1. The number of pyridine rings is 1. The summed E-state index contributed by atoms with van der Waals surface area (Å²) >= 11 is 0. The number of carbonyl (C=O) groups excluding carboxylic acids is 1. The van der Waals surface area contributed by atoms with Crippen LogP contribution < -0.4 is 0 Å². The molecule has 0 N–H and O–H groups in total. The predicted molar refractivity (Wildman–Crippen MR) is 82.6 cm³/mol. The van der Waals surface area contributed by atoms with Crippen LogP contribution in [0.4, 0.5) is 13.2 Å². The van der Waals surface area contributed by atoms with Gasteiger partial charge in [-0.3, -0.25) is 4.79 Å². The highest BCUT2D eigenvalue weighted by Crippen LogP contribution is 2.39. The van der Waals surface area contributed by atoms with Crippen molar-refractivity contribution in [2.24, 2.45) is 0 Å². The van der Waals surface area contributed by atoms with Crippen molar-refractivity contribution in [3.63, 3.8) is 0 Å². The standard InChI is InChI=1S/C18H16F3NO2/c1-11-8-12(18(21)4-6-24-7-5-18)9-15(20)16(11)17-14(19)3-2-13(10-23)22-17/h2-3,8-10H,4-7H2,1H3. The number of carbonyl (C=O) groups is 1. The molecule has 1 saturated heterocycles. The van der Waals surface area contributed by atoms with Crippen molar-refractivity contribution in [2.75, 3.05) is 13.2 Å². The molecule has 0 saturated carbocycles. The molecule has 2 aromatic rings. The minimum Gasteiger partial charge on any atom is -0.381 e. The third kappa shape index (κ3) is 2.94. The molecule has 0 radical (unpaired) electrons. The second-order valence-corrected chi connectivity index (χ2v) is 5.91. The van der Waals surface area contributed by atoms with E-state index in [0.29, 0.717) is 11.8 Å². The monoisotopic (exact) mass is 335 g/mol. The zero-order chi connectivity index (χ0) is 17.3. The van der Waals surface area contributed by atoms with Gasteiger partial charge in [0.1, 0.15) is 28.7 Å². The Kier molecular flexibility index (Phi) is 4.41. The molecule has 126 valence electrons. The summed E-state index contributed by atoms with van der Waals surface area (Å²) in [6.07, 6.45) is 0.764. The molecule has 1 aromatic carbocycles. The summed E-state index contributed by atoms with van der Waals surface area (Å²) < 4.78 is 48.9. The number of halogens is 3. The first-order chi connectivity index (χ1) is 11.4. The number of hydrogen-bond donors (Lipinski definition) is 0. The van der Waals surface area contributed by atoms with Crippen molar-refractivity contribution in [1.82, 2.24) is 4.98 Å². The van der Waals surface area contributed by atoms with Crippen LogP contribution in [0.3, 0.4) is 0 Å². The minimum absolute atomic E-state index is 0.000618. The molecule has 1 fully saturated rings. The lowest BCUT2D eigenvalue weighted by Crippen LogP contribution is -2.29.